The number of thiazole rings is 1. The summed E-state index contributed by atoms with van der Waals surface area (Å²) in [6.45, 7) is 0. The van der Waals surface area contributed by atoms with Gasteiger partial charge in [0.2, 0.25) is 0 Å². The van der Waals surface area contributed by atoms with E-state index in [2.05, 4.69) is 22.5 Å². The van der Waals surface area contributed by atoms with Gasteiger partial charge in [-0.25, -0.2) is 4.99 Å². The Balaban J connectivity index is 0.000000499. The standard InChI is InChI=1S/C24H15ClN2OS.BF4/c25-18-11-12-22-19(13-18)20(14-23(28-22)17-9-5-2-6-10-17)26-24-27-21(15-29-24)16-7-3-1-4-8-16;2-1(3,4)5/h1-15H;/q;-1/p+1/b26-20-;. The topological polar surface area (TPSA) is 40.0 Å². The zero-order chi connectivity index (χ0) is 24.1. The summed E-state index contributed by atoms with van der Waals surface area (Å²) >= 11 is 7.82. The van der Waals surface area contributed by atoms with Gasteiger partial charge >= 0.3 is 12.4 Å². The van der Waals surface area contributed by atoms with E-state index in [4.69, 9.17) is 21.0 Å². The molecule has 0 aliphatic rings. The number of nitrogens with one attached hydrogen (secondary N) is 1. The van der Waals surface area contributed by atoms with Gasteiger partial charge in [0.1, 0.15) is 16.7 Å². The van der Waals surface area contributed by atoms with E-state index in [1.165, 1.54) is 0 Å². The van der Waals surface area contributed by atoms with Gasteiger partial charge < -0.3 is 21.7 Å². The molecule has 10 heteroatoms. The quantitative estimate of drug-likeness (QED) is 0.226. The molecule has 5 aromatic rings. The van der Waals surface area contributed by atoms with Gasteiger partial charge in [0, 0.05) is 22.2 Å². The van der Waals surface area contributed by atoms with Crippen molar-refractivity contribution in [3.63, 3.8) is 0 Å². The van der Waals surface area contributed by atoms with Crippen LogP contribution >= 0.6 is 22.9 Å². The lowest BCUT2D eigenvalue weighted by atomic mass is 10.1. The monoisotopic (exact) mass is 502 g/mol. The van der Waals surface area contributed by atoms with Gasteiger partial charge in [0.15, 0.2) is 5.69 Å². The van der Waals surface area contributed by atoms with Gasteiger partial charge in [-0.1, -0.05) is 83.6 Å². The van der Waals surface area contributed by atoms with Crippen molar-refractivity contribution in [1.29, 1.82) is 0 Å². The summed E-state index contributed by atoms with van der Waals surface area (Å²) in [4.78, 5) is 8.21. The minimum Gasteiger partial charge on any atom is -0.456 e. The van der Waals surface area contributed by atoms with Crippen LogP contribution in [0.3, 0.4) is 0 Å². The zero-order valence-corrected chi connectivity index (χ0v) is 19.0. The van der Waals surface area contributed by atoms with Crippen LogP contribution in [0, 0.1) is 0 Å². The first-order valence-corrected chi connectivity index (χ1v) is 11.3. The average molecular weight is 503 g/mol. The van der Waals surface area contributed by atoms with Crippen LogP contribution in [0.2, 0.25) is 5.02 Å². The third-order valence-electron chi connectivity index (χ3n) is 4.60. The predicted octanol–water partition coefficient (Wildman–Crippen LogP) is 6.49. The Morgan fingerprint density at radius 2 is 1.44 bits per heavy atom. The van der Waals surface area contributed by atoms with E-state index in [1.807, 2.05) is 72.8 Å². The second-order valence-corrected chi connectivity index (χ2v) is 8.35. The van der Waals surface area contributed by atoms with Gasteiger partial charge in [-0.3, -0.25) is 0 Å². The Morgan fingerprint density at radius 3 is 2.09 bits per heavy atom. The van der Waals surface area contributed by atoms with Gasteiger partial charge in [-0.15, -0.1) is 0 Å². The van der Waals surface area contributed by atoms with Crippen LogP contribution in [-0.4, -0.2) is 12.2 Å². The van der Waals surface area contributed by atoms with Crippen molar-refractivity contribution in [2.24, 2.45) is 0 Å². The third kappa shape index (κ3) is 6.33. The molecular formula is C24H16BClF4N2OS. The molecule has 34 heavy (non-hydrogen) atoms. The molecule has 2 aromatic heterocycles. The molecule has 2 heterocycles. The number of fused-ring (bicyclic) bond motifs is 1. The Kier molecular flexibility index (Phi) is 7.14. The maximum Gasteiger partial charge on any atom is 0.673 e. The highest BCUT2D eigenvalue weighted by Crippen LogP contribution is 2.24. The average Bonchev–Trinajstić information content (AvgIpc) is 3.28. The molecule has 0 aliphatic heterocycles. The van der Waals surface area contributed by atoms with Crippen LogP contribution in [-0.2, 0) is 0 Å². The number of hydrogen-bond acceptors (Lipinski definition) is 3. The maximum absolute atomic E-state index is 9.75. The second kappa shape index (κ2) is 10.2. The fraction of sp³-hybridized carbons (Fsp3) is 0. The molecule has 0 atom stereocenters. The number of benzene rings is 3. The fourth-order valence-corrected chi connectivity index (χ4v) is 4.10. The number of rotatable bonds is 3. The van der Waals surface area contributed by atoms with Crippen molar-refractivity contribution in [3.05, 3.63) is 101 Å². The molecule has 0 radical (unpaired) electrons. The fourth-order valence-electron chi connectivity index (χ4n) is 3.19. The van der Waals surface area contributed by atoms with Crippen LogP contribution in [0.15, 0.2) is 94.7 Å². The second-order valence-electron chi connectivity index (χ2n) is 7.05. The molecule has 3 nitrogen and oxygen atoms in total. The van der Waals surface area contributed by atoms with Crippen molar-refractivity contribution in [2.45, 2.75) is 0 Å². The minimum atomic E-state index is -6.00. The van der Waals surface area contributed by atoms with E-state index in [1.54, 1.807) is 11.3 Å². The number of aromatic nitrogens is 1. The SMILES string of the molecule is Clc1ccc2oc(-c3ccccc3)c/c(=[NH+]/c3nc(-c4ccccc4)cs3)c2c1.F[B-](F)(F)F. The Labute approximate surface area is 201 Å². The number of nitrogens with zero attached hydrogens (tertiary/aromatic N) is 1. The lowest BCUT2D eigenvalue weighted by Crippen LogP contribution is -2.70. The molecule has 0 bridgehead atoms. The Bertz CT molecular complexity index is 1470. The highest BCUT2D eigenvalue weighted by atomic mass is 35.5. The molecule has 0 unspecified atom stereocenters. The van der Waals surface area contributed by atoms with Crippen molar-refractivity contribution in [3.8, 4) is 22.6 Å². The predicted molar refractivity (Wildman–Crippen MR) is 128 cm³/mol. The zero-order valence-electron chi connectivity index (χ0n) is 17.4. The van der Waals surface area contributed by atoms with Gasteiger partial charge in [0.25, 0.3) is 0 Å². The molecule has 0 fully saturated rings. The van der Waals surface area contributed by atoms with E-state index in [9.17, 15) is 17.3 Å². The summed E-state index contributed by atoms with van der Waals surface area (Å²) in [5, 5.41) is 5.34. The lowest BCUT2D eigenvalue weighted by Gasteiger charge is -2.04. The van der Waals surface area contributed by atoms with Gasteiger partial charge in [-0.05, 0) is 23.2 Å². The summed E-state index contributed by atoms with van der Waals surface area (Å²) in [5.41, 5.74) is 3.82. The molecule has 0 saturated heterocycles. The molecule has 0 aliphatic carbocycles. The normalized spacial score (nSPS) is 11.9. The highest BCUT2D eigenvalue weighted by Gasteiger charge is 2.20. The van der Waals surface area contributed by atoms with Crippen LogP contribution in [0.1, 0.15) is 0 Å². The Hall–Kier alpha value is -3.43. The first-order chi connectivity index (χ1) is 16.3. The van der Waals surface area contributed by atoms with Crippen molar-refractivity contribution in [2.75, 3.05) is 0 Å². The molecule has 3 aromatic carbocycles. The smallest absolute Gasteiger partial charge is 0.456 e. The molecule has 0 amide bonds. The largest absolute Gasteiger partial charge is 0.673 e. The third-order valence-corrected chi connectivity index (χ3v) is 5.59. The first-order valence-electron chi connectivity index (χ1n) is 10.0. The van der Waals surface area contributed by atoms with Gasteiger partial charge in [0.05, 0.1) is 10.8 Å². The Morgan fingerprint density at radius 1 is 0.824 bits per heavy atom. The minimum absolute atomic E-state index is 0.660. The van der Waals surface area contributed by atoms with E-state index >= 15 is 0 Å². The van der Waals surface area contributed by atoms with Crippen LogP contribution in [0.25, 0.3) is 33.6 Å². The number of hydrogen-bond donors (Lipinski definition) is 1. The highest BCUT2D eigenvalue weighted by molar-refractivity contribution is 7.13. The molecule has 0 saturated carbocycles. The van der Waals surface area contributed by atoms with Crippen molar-refractivity contribution < 1.29 is 26.7 Å². The van der Waals surface area contributed by atoms with E-state index in [0.717, 1.165) is 44.0 Å². The van der Waals surface area contributed by atoms with E-state index in [-0.39, 0.29) is 0 Å². The summed E-state index contributed by atoms with van der Waals surface area (Å²) in [5.74, 6) is 0.780. The summed E-state index contributed by atoms with van der Waals surface area (Å²) < 4.78 is 45.1. The molecule has 1 N–H and O–H groups in total. The molecule has 172 valence electrons. The van der Waals surface area contributed by atoms with Crippen molar-refractivity contribution >= 4 is 46.3 Å². The molecular weight excluding hydrogens is 487 g/mol. The van der Waals surface area contributed by atoms with Gasteiger partial charge in [-0.2, -0.15) is 0 Å². The maximum atomic E-state index is 9.75. The number of halogens is 5. The van der Waals surface area contributed by atoms with Crippen LogP contribution < -0.4 is 10.3 Å². The molecule has 5 rings (SSSR count). The van der Waals surface area contributed by atoms with Crippen LogP contribution in [0.5, 0.6) is 0 Å². The summed E-state index contributed by atoms with van der Waals surface area (Å²) in [6, 6.07) is 27.8. The van der Waals surface area contributed by atoms with E-state index in [0.29, 0.717) is 5.02 Å². The first kappa shape index (κ1) is 23.7. The van der Waals surface area contributed by atoms with Crippen molar-refractivity contribution in [1.82, 2.24) is 4.98 Å². The summed E-state index contributed by atoms with van der Waals surface area (Å²) in [6.07, 6.45) is 0. The summed E-state index contributed by atoms with van der Waals surface area (Å²) in [7, 11) is -6.00. The molecule has 0 spiro atoms. The van der Waals surface area contributed by atoms with Crippen LogP contribution in [0.4, 0.5) is 22.4 Å². The lowest BCUT2D eigenvalue weighted by molar-refractivity contribution is -0.400. The van der Waals surface area contributed by atoms with E-state index < -0.39 is 7.25 Å².